The Morgan fingerprint density at radius 2 is 2.00 bits per heavy atom. The van der Waals surface area contributed by atoms with E-state index in [4.69, 9.17) is 4.74 Å². The fraction of sp³-hybridized carbons (Fsp3) is 0.444. The molecule has 7 heteroatoms. The van der Waals surface area contributed by atoms with Gasteiger partial charge in [0.2, 0.25) is 10.0 Å². The van der Waals surface area contributed by atoms with Crippen LogP contribution in [0.3, 0.4) is 0 Å². The van der Waals surface area contributed by atoms with Crippen molar-refractivity contribution in [3.63, 3.8) is 0 Å². The Kier molecular flexibility index (Phi) is 5.78. The molecule has 2 aromatic rings. The molecule has 136 valence electrons. The van der Waals surface area contributed by atoms with E-state index in [1.165, 1.54) is 36.1 Å². The van der Waals surface area contributed by atoms with Crippen molar-refractivity contribution in [2.24, 2.45) is 0 Å². The lowest BCUT2D eigenvalue weighted by Gasteiger charge is -2.23. The van der Waals surface area contributed by atoms with E-state index in [0.717, 1.165) is 13.1 Å². The lowest BCUT2D eigenvalue weighted by molar-refractivity contribution is 0.199. The summed E-state index contributed by atoms with van der Waals surface area (Å²) < 4.78 is 31.1. The summed E-state index contributed by atoms with van der Waals surface area (Å²) in [5, 5.41) is 2.13. The van der Waals surface area contributed by atoms with Gasteiger partial charge >= 0.3 is 0 Å². The van der Waals surface area contributed by atoms with Crippen molar-refractivity contribution in [2.45, 2.75) is 23.8 Å². The lowest BCUT2D eigenvalue weighted by Crippen LogP contribution is -2.27. The average Bonchev–Trinajstić information content (AvgIpc) is 3.26. The molecule has 1 saturated heterocycles. The van der Waals surface area contributed by atoms with Gasteiger partial charge in [-0.15, -0.1) is 11.3 Å². The highest BCUT2D eigenvalue weighted by atomic mass is 32.2. The van der Waals surface area contributed by atoms with Gasteiger partial charge in [-0.3, -0.25) is 4.90 Å². The van der Waals surface area contributed by atoms with Crippen molar-refractivity contribution in [3.8, 4) is 5.75 Å². The second-order valence-corrected chi connectivity index (χ2v) is 9.45. The molecule has 0 N–H and O–H groups in total. The molecule has 0 aliphatic carbocycles. The highest BCUT2D eigenvalue weighted by molar-refractivity contribution is 7.89. The summed E-state index contributed by atoms with van der Waals surface area (Å²) in [5.41, 5.74) is 0. The van der Waals surface area contributed by atoms with Crippen molar-refractivity contribution in [3.05, 3.63) is 46.7 Å². The molecule has 1 aliphatic heterocycles. The van der Waals surface area contributed by atoms with Gasteiger partial charge in [-0.05, 0) is 55.1 Å². The number of ether oxygens (including phenoxy) is 1. The van der Waals surface area contributed by atoms with E-state index in [1.54, 1.807) is 24.3 Å². The molecule has 1 aliphatic rings. The third-order valence-electron chi connectivity index (χ3n) is 4.48. The van der Waals surface area contributed by atoms with Crippen LogP contribution in [0.25, 0.3) is 0 Å². The van der Waals surface area contributed by atoms with Crippen molar-refractivity contribution in [2.75, 3.05) is 33.8 Å². The largest absolute Gasteiger partial charge is 0.492 e. The van der Waals surface area contributed by atoms with Gasteiger partial charge < -0.3 is 4.74 Å². The number of benzene rings is 1. The third kappa shape index (κ3) is 4.23. The molecule has 1 unspecified atom stereocenters. The smallest absolute Gasteiger partial charge is 0.242 e. The minimum atomic E-state index is -3.39. The lowest BCUT2D eigenvalue weighted by atomic mass is 10.2. The normalized spacial score (nSPS) is 18.8. The maximum atomic E-state index is 12.1. The minimum absolute atomic E-state index is 0.280. The van der Waals surface area contributed by atoms with Gasteiger partial charge in [-0.2, -0.15) is 0 Å². The Morgan fingerprint density at radius 1 is 1.24 bits per heavy atom. The van der Waals surface area contributed by atoms with Crippen LogP contribution < -0.4 is 4.74 Å². The zero-order chi connectivity index (χ0) is 17.9. The zero-order valence-electron chi connectivity index (χ0n) is 14.6. The predicted molar refractivity (Wildman–Crippen MR) is 101 cm³/mol. The van der Waals surface area contributed by atoms with Crippen molar-refractivity contribution in [1.82, 2.24) is 9.21 Å². The number of likely N-dealkylation sites (tertiary alicyclic amines) is 1. The van der Waals surface area contributed by atoms with E-state index in [0.29, 0.717) is 18.4 Å². The molecule has 5 nitrogen and oxygen atoms in total. The van der Waals surface area contributed by atoms with Crippen molar-refractivity contribution < 1.29 is 13.2 Å². The molecule has 1 aromatic carbocycles. The Labute approximate surface area is 153 Å². The van der Waals surface area contributed by atoms with Crippen LogP contribution in [-0.2, 0) is 10.0 Å². The second-order valence-electron chi connectivity index (χ2n) is 6.32. The first-order valence-electron chi connectivity index (χ1n) is 8.41. The quantitative estimate of drug-likeness (QED) is 0.740. The molecule has 1 fully saturated rings. The van der Waals surface area contributed by atoms with E-state index < -0.39 is 10.0 Å². The summed E-state index contributed by atoms with van der Waals surface area (Å²) in [4.78, 5) is 4.18. The molecule has 1 atom stereocenters. The number of sulfonamides is 1. The first-order chi connectivity index (χ1) is 12.0. The first-order valence-corrected chi connectivity index (χ1v) is 10.7. The molecule has 0 amide bonds. The molecule has 1 aromatic heterocycles. The van der Waals surface area contributed by atoms with Crippen molar-refractivity contribution >= 4 is 21.4 Å². The van der Waals surface area contributed by atoms with Gasteiger partial charge in [0.25, 0.3) is 0 Å². The Morgan fingerprint density at radius 3 is 2.64 bits per heavy atom. The van der Waals surface area contributed by atoms with Gasteiger partial charge in [-0.25, -0.2) is 12.7 Å². The van der Waals surface area contributed by atoms with E-state index in [-0.39, 0.29) is 4.90 Å². The standard InChI is InChI=1S/C18H24N2O3S2/c1-19(2)25(21,22)16-9-7-15(8-10-16)23-13-12-20-11-3-5-17(20)18-6-4-14-24-18/h4,6-10,14,17H,3,5,11-13H2,1-2H3. The van der Waals surface area contributed by atoms with E-state index in [2.05, 4.69) is 22.4 Å². The Hall–Kier alpha value is -1.41. The third-order valence-corrected chi connectivity index (χ3v) is 7.29. The van der Waals surface area contributed by atoms with Crippen LogP contribution >= 0.6 is 11.3 Å². The van der Waals surface area contributed by atoms with E-state index in [1.807, 2.05) is 11.3 Å². The zero-order valence-corrected chi connectivity index (χ0v) is 16.2. The summed E-state index contributed by atoms with van der Waals surface area (Å²) in [7, 11) is -0.334. The van der Waals surface area contributed by atoms with Crippen LogP contribution in [0, 0.1) is 0 Å². The van der Waals surface area contributed by atoms with Crippen LogP contribution in [-0.4, -0.2) is 51.4 Å². The number of hydrogen-bond acceptors (Lipinski definition) is 5. The van der Waals surface area contributed by atoms with Crippen molar-refractivity contribution in [1.29, 1.82) is 0 Å². The predicted octanol–water partition coefficient (Wildman–Crippen LogP) is 3.21. The molecule has 0 bridgehead atoms. The number of nitrogens with zero attached hydrogens (tertiary/aromatic N) is 2. The van der Waals surface area contributed by atoms with Crippen LogP contribution in [0.4, 0.5) is 0 Å². The summed E-state index contributed by atoms with van der Waals surface area (Å²) >= 11 is 1.82. The summed E-state index contributed by atoms with van der Waals surface area (Å²) in [5.74, 6) is 0.699. The first kappa shape index (κ1) is 18.4. The van der Waals surface area contributed by atoms with Gasteiger partial charge in [0.1, 0.15) is 12.4 Å². The van der Waals surface area contributed by atoms with Crippen LogP contribution in [0.5, 0.6) is 5.75 Å². The molecule has 3 rings (SSSR count). The molecule has 0 radical (unpaired) electrons. The monoisotopic (exact) mass is 380 g/mol. The van der Waals surface area contributed by atoms with E-state index in [9.17, 15) is 8.42 Å². The number of thiophene rings is 1. The maximum absolute atomic E-state index is 12.1. The SMILES string of the molecule is CN(C)S(=O)(=O)c1ccc(OCCN2CCCC2c2cccs2)cc1. The fourth-order valence-electron chi connectivity index (χ4n) is 3.10. The summed E-state index contributed by atoms with van der Waals surface area (Å²) in [6.07, 6.45) is 2.43. The average molecular weight is 381 g/mol. The topological polar surface area (TPSA) is 49.9 Å². The molecule has 25 heavy (non-hydrogen) atoms. The second kappa shape index (κ2) is 7.86. The summed E-state index contributed by atoms with van der Waals surface area (Å²) in [6, 6.07) is 11.4. The highest BCUT2D eigenvalue weighted by Crippen LogP contribution is 2.34. The highest BCUT2D eigenvalue weighted by Gasteiger charge is 2.26. The maximum Gasteiger partial charge on any atom is 0.242 e. The van der Waals surface area contributed by atoms with Crippen LogP contribution in [0.1, 0.15) is 23.8 Å². The molecule has 0 saturated carbocycles. The van der Waals surface area contributed by atoms with Gasteiger partial charge in [0, 0.05) is 31.6 Å². The molecule has 0 spiro atoms. The molecule has 2 heterocycles. The van der Waals surface area contributed by atoms with Crippen LogP contribution in [0.15, 0.2) is 46.7 Å². The van der Waals surface area contributed by atoms with E-state index >= 15 is 0 Å². The van der Waals surface area contributed by atoms with Gasteiger partial charge in [-0.1, -0.05) is 6.07 Å². The molecular weight excluding hydrogens is 356 g/mol. The van der Waals surface area contributed by atoms with Crippen LogP contribution in [0.2, 0.25) is 0 Å². The Bertz CT molecular complexity index is 771. The minimum Gasteiger partial charge on any atom is -0.492 e. The molecular formula is C18H24N2O3S2. The fourth-order valence-corrected chi connectivity index (χ4v) is 4.89. The van der Waals surface area contributed by atoms with Gasteiger partial charge in [0.05, 0.1) is 4.90 Å². The number of hydrogen-bond donors (Lipinski definition) is 0. The summed E-state index contributed by atoms with van der Waals surface area (Å²) in [6.45, 7) is 2.58. The van der Waals surface area contributed by atoms with Gasteiger partial charge in [0.15, 0.2) is 0 Å². The Balaban J connectivity index is 1.54. The number of rotatable bonds is 7.